The van der Waals surface area contributed by atoms with Gasteiger partial charge in [-0.15, -0.1) is 0 Å². The molecule has 1 aliphatic rings. The smallest absolute Gasteiger partial charge is 0.338 e. The van der Waals surface area contributed by atoms with Crippen LogP contribution in [0, 0.1) is 5.41 Å². The van der Waals surface area contributed by atoms with E-state index >= 15 is 0 Å². The van der Waals surface area contributed by atoms with Crippen molar-refractivity contribution in [1.29, 1.82) is 0 Å². The first-order valence-corrected chi connectivity index (χ1v) is 7.14. The number of urea groups is 1. The predicted molar refractivity (Wildman–Crippen MR) is 71.8 cm³/mol. The van der Waals surface area contributed by atoms with E-state index in [1.54, 1.807) is 0 Å². The fourth-order valence-corrected chi connectivity index (χ4v) is 2.23. The van der Waals surface area contributed by atoms with Crippen molar-refractivity contribution >= 4 is 6.03 Å². The van der Waals surface area contributed by atoms with Crippen LogP contribution in [0.4, 0.5) is 31.1 Å². The molecule has 0 bridgehead atoms. The molecule has 1 aromatic rings. The van der Waals surface area contributed by atoms with E-state index in [4.69, 9.17) is 0 Å². The van der Waals surface area contributed by atoms with E-state index in [1.165, 1.54) is 6.07 Å². The molecule has 0 atom stereocenters. The molecule has 134 valence electrons. The summed E-state index contributed by atoms with van der Waals surface area (Å²) in [5.41, 5.74) is -2.60. The Labute approximate surface area is 133 Å². The van der Waals surface area contributed by atoms with E-state index < -0.39 is 29.5 Å². The zero-order chi connectivity index (χ0) is 18.0. The number of nitrogens with one attached hydrogen (secondary N) is 2. The van der Waals surface area contributed by atoms with Crippen molar-refractivity contribution in [2.75, 3.05) is 6.54 Å². The maximum absolute atomic E-state index is 12.7. The minimum atomic E-state index is -4.59. The molecule has 1 heterocycles. The number of rotatable bonds is 5. The largest absolute Gasteiger partial charge is 0.433 e. The molecule has 24 heavy (non-hydrogen) atoms. The third-order valence-corrected chi connectivity index (χ3v) is 3.91. The SMILES string of the molecule is O=C(NCCC1(C(F)(F)F)CC1)NCc1ccnc(C(F)(F)F)c1. The van der Waals surface area contributed by atoms with Gasteiger partial charge in [-0.05, 0) is 37.0 Å². The first-order valence-electron chi connectivity index (χ1n) is 7.14. The summed E-state index contributed by atoms with van der Waals surface area (Å²) < 4.78 is 75.6. The standard InChI is InChI=1S/C14H15F6N3O/c15-13(16,17)10-7-9(1-5-21-10)8-23-11(24)22-6-4-12(2-3-12)14(18,19)20/h1,5,7H,2-4,6,8H2,(H2,22,23,24). The monoisotopic (exact) mass is 355 g/mol. The summed E-state index contributed by atoms with van der Waals surface area (Å²) in [6.07, 6.45) is -8.01. The van der Waals surface area contributed by atoms with Crippen LogP contribution in [-0.2, 0) is 12.7 Å². The molecule has 2 N–H and O–H groups in total. The fourth-order valence-electron chi connectivity index (χ4n) is 2.23. The zero-order valence-corrected chi connectivity index (χ0v) is 12.4. The maximum atomic E-state index is 12.7. The molecule has 0 aliphatic heterocycles. The van der Waals surface area contributed by atoms with Gasteiger partial charge in [-0.2, -0.15) is 26.3 Å². The van der Waals surface area contributed by atoms with Gasteiger partial charge < -0.3 is 10.6 Å². The highest BCUT2D eigenvalue weighted by atomic mass is 19.4. The van der Waals surface area contributed by atoms with E-state index in [2.05, 4.69) is 15.6 Å². The van der Waals surface area contributed by atoms with Gasteiger partial charge in [-0.25, -0.2) is 4.79 Å². The number of nitrogens with zero attached hydrogens (tertiary/aromatic N) is 1. The van der Waals surface area contributed by atoms with Gasteiger partial charge in [0.05, 0.1) is 5.41 Å². The molecule has 0 radical (unpaired) electrons. The van der Waals surface area contributed by atoms with Crippen LogP contribution in [-0.4, -0.2) is 23.7 Å². The van der Waals surface area contributed by atoms with Crippen molar-refractivity contribution in [2.45, 2.75) is 38.2 Å². The number of carbonyl (C=O) groups is 1. The Hall–Kier alpha value is -2.00. The van der Waals surface area contributed by atoms with E-state index in [9.17, 15) is 31.1 Å². The predicted octanol–water partition coefficient (Wildman–Crippen LogP) is 3.63. The van der Waals surface area contributed by atoms with Gasteiger partial charge >= 0.3 is 18.4 Å². The van der Waals surface area contributed by atoms with Gasteiger partial charge in [0.1, 0.15) is 5.69 Å². The van der Waals surface area contributed by atoms with Crippen LogP contribution in [0.3, 0.4) is 0 Å². The second kappa shape index (κ2) is 6.48. The number of alkyl halides is 6. The van der Waals surface area contributed by atoms with Gasteiger partial charge in [0.15, 0.2) is 0 Å². The maximum Gasteiger partial charge on any atom is 0.433 e. The minimum Gasteiger partial charge on any atom is -0.338 e. The van der Waals surface area contributed by atoms with Gasteiger partial charge in [0.25, 0.3) is 0 Å². The molecule has 2 amide bonds. The molecule has 0 unspecified atom stereocenters. The molecule has 2 rings (SSSR count). The number of aromatic nitrogens is 1. The number of hydrogen-bond donors (Lipinski definition) is 2. The van der Waals surface area contributed by atoms with E-state index in [1.807, 2.05) is 0 Å². The quantitative estimate of drug-likeness (QED) is 0.793. The van der Waals surface area contributed by atoms with Crippen molar-refractivity contribution in [2.24, 2.45) is 5.41 Å². The third kappa shape index (κ3) is 4.51. The van der Waals surface area contributed by atoms with E-state index in [-0.39, 0.29) is 37.9 Å². The fraction of sp³-hybridized carbons (Fsp3) is 0.571. The lowest BCUT2D eigenvalue weighted by Gasteiger charge is -2.19. The topological polar surface area (TPSA) is 54.0 Å². The highest BCUT2D eigenvalue weighted by Crippen LogP contribution is 2.59. The molecule has 4 nitrogen and oxygen atoms in total. The molecule has 0 saturated heterocycles. The summed E-state index contributed by atoms with van der Waals surface area (Å²) in [4.78, 5) is 14.7. The van der Waals surface area contributed by atoms with Crippen molar-refractivity contribution < 1.29 is 31.1 Å². The van der Waals surface area contributed by atoms with Crippen molar-refractivity contribution in [3.8, 4) is 0 Å². The number of hydrogen-bond acceptors (Lipinski definition) is 2. The minimum absolute atomic E-state index is 0.0526. The lowest BCUT2D eigenvalue weighted by atomic mass is 10.0. The van der Waals surface area contributed by atoms with Gasteiger partial charge in [-0.3, -0.25) is 4.98 Å². The molecule has 1 fully saturated rings. The van der Waals surface area contributed by atoms with Crippen LogP contribution in [0.25, 0.3) is 0 Å². The Bertz CT molecular complexity index is 595. The highest BCUT2D eigenvalue weighted by molar-refractivity contribution is 5.73. The first-order chi connectivity index (χ1) is 11.0. The number of halogens is 6. The molecule has 1 saturated carbocycles. The third-order valence-electron chi connectivity index (χ3n) is 3.91. The Morgan fingerprint density at radius 3 is 2.38 bits per heavy atom. The van der Waals surface area contributed by atoms with E-state index in [0.29, 0.717) is 0 Å². The number of amides is 2. The normalized spacial score (nSPS) is 16.6. The lowest BCUT2D eigenvalue weighted by molar-refractivity contribution is -0.188. The van der Waals surface area contributed by atoms with E-state index in [0.717, 1.165) is 12.3 Å². The average Bonchev–Trinajstić information content (AvgIpc) is 3.25. The molecule has 1 aliphatic carbocycles. The van der Waals surface area contributed by atoms with Crippen LogP contribution in [0.2, 0.25) is 0 Å². The van der Waals surface area contributed by atoms with Crippen LogP contribution in [0.5, 0.6) is 0 Å². The summed E-state index contributed by atoms with van der Waals surface area (Å²) >= 11 is 0. The van der Waals surface area contributed by atoms with Crippen LogP contribution in [0.15, 0.2) is 18.3 Å². The molecule has 1 aromatic heterocycles. The van der Waals surface area contributed by atoms with Gasteiger partial charge in [0, 0.05) is 19.3 Å². The van der Waals surface area contributed by atoms with Gasteiger partial charge in [0.2, 0.25) is 0 Å². The number of pyridine rings is 1. The summed E-state index contributed by atoms with van der Waals surface area (Å²) in [6, 6.07) is 1.36. The van der Waals surface area contributed by atoms with Gasteiger partial charge in [-0.1, -0.05) is 0 Å². The molecular weight excluding hydrogens is 340 g/mol. The highest BCUT2D eigenvalue weighted by Gasteiger charge is 2.62. The van der Waals surface area contributed by atoms with Crippen LogP contribution in [0.1, 0.15) is 30.5 Å². The van der Waals surface area contributed by atoms with Crippen LogP contribution < -0.4 is 10.6 Å². The second-order valence-corrected chi connectivity index (χ2v) is 5.68. The molecule has 0 spiro atoms. The van der Waals surface area contributed by atoms with Crippen molar-refractivity contribution in [3.05, 3.63) is 29.6 Å². The molecule has 10 heteroatoms. The van der Waals surface area contributed by atoms with Crippen molar-refractivity contribution in [1.82, 2.24) is 15.6 Å². The molecular formula is C14H15F6N3O. The Morgan fingerprint density at radius 1 is 1.17 bits per heavy atom. The summed E-state index contributed by atoms with van der Waals surface area (Å²) in [5.74, 6) is 0. The van der Waals surface area contributed by atoms with Crippen molar-refractivity contribution in [3.63, 3.8) is 0 Å². The Balaban J connectivity index is 1.76. The average molecular weight is 355 g/mol. The summed E-state index contributed by atoms with van der Waals surface area (Å²) in [6.45, 7) is -0.350. The number of carbonyl (C=O) groups excluding carboxylic acids is 1. The van der Waals surface area contributed by atoms with Crippen LogP contribution >= 0.6 is 0 Å². The summed E-state index contributed by atoms with van der Waals surface area (Å²) in [5, 5.41) is 4.57. The second-order valence-electron chi connectivity index (χ2n) is 5.68. The molecule has 0 aromatic carbocycles. The lowest BCUT2D eigenvalue weighted by Crippen LogP contribution is -2.37. The zero-order valence-electron chi connectivity index (χ0n) is 12.4. The Morgan fingerprint density at radius 2 is 1.83 bits per heavy atom. The summed E-state index contributed by atoms with van der Waals surface area (Å²) in [7, 11) is 0. The first kappa shape index (κ1) is 18.3. The Kier molecular flexibility index (Phi) is 4.95.